The third-order valence-electron chi connectivity index (χ3n) is 6.95. The molecular formula is C34H37NO8. The van der Waals surface area contributed by atoms with E-state index in [0.29, 0.717) is 42.0 Å². The smallest absolute Gasteiger partial charge is 0.311 e. The second-order valence-corrected chi connectivity index (χ2v) is 10.3. The zero-order valence-corrected chi connectivity index (χ0v) is 23.8. The third-order valence-corrected chi connectivity index (χ3v) is 6.95. The van der Waals surface area contributed by atoms with Gasteiger partial charge < -0.3 is 29.7 Å². The number of esters is 1. The molecular weight excluding hydrogens is 550 g/mol. The monoisotopic (exact) mass is 587 g/mol. The van der Waals surface area contributed by atoms with E-state index in [1.165, 1.54) is 0 Å². The number of ether oxygens (including phenoxy) is 3. The minimum atomic E-state index is -0.919. The minimum Gasteiger partial charge on any atom is -0.491 e. The van der Waals surface area contributed by atoms with Gasteiger partial charge in [-0.05, 0) is 67.8 Å². The van der Waals surface area contributed by atoms with Gasteiger partial charge in [0.15, 0.2) is 0 Å². The molecule has 1 fully saturated rings. The molecule has 4 rings (SSSR count). The van der Waals surface area contributed by atoms with E-state index < -0.39 is 24.2 Å². The Hall–Kier alpha value is -4.31. The van der Waals surface area contributed by atoms with Gasteiger partial charge in [-0.25, -0.2) is 0 Å². The molecule has 0 saturated heterocycles. The fourth-order valence-electron chi connectivity index (χ4n) is 4.70. The number of ketones is 1. The molecule has 43 heavy (non-hydrogen) atoms. The first kappa shape index (κ1) is 31.6. The molecule has 1 saturated carbocycles. The van der Waals surface area contributed by atoms with Crippen LogP contribution in [0.15, 0.2) is 97.1 Å². The predicted octanol–water partition coefficient (Wildman–Crippen LogP) is 4.74. The van der Waals surface area contributed by atoms with Gasteiger partial charge in [-0.2, -0.15) is 0 Å². The number of para-hydroxylation sites is 1. The maximum absolute atomic E-state index is 12.4. The number of Topliss-reactive ketones (excluding diaryl/α,β-unsaturated/α-hetero) is 1. The summed E-state index contributed by atoms with van der Waals surface area (Å²) in [5, 5.41) is 23.3. The summed E-state index contributed by atoms with van der Waals surface area (Å²) in [6, 6.07) is 24.6. The number of rotatable bonds is 15. The van der Waals surface area contributed by atoms with Gasteiger partial charge in [0.1, 0.15) is 30.0 Å². The molecule has 1 aliphatic carbocycles. The molecule has 0 bridgehead atoms. The maximum Gasteiger partial charge on any atom is 0.311 e. The van der Waals surface area contributed by atoms with Crippen molar-refractivity contribution in [2.24, 2.45) is 5.92 Å². The Labute approximate surface area is 251 Å². The number of amides is 1. The Bertz CT molecular complexity index is 1340. The zero-order valence-electron chi connectivity index (χ0n) is 23.8. The number of benzene rings is 3. The fraction of sp³-hybridized carbons (Fsp3) is 0.324. The Morgan fingerprint density at radius 3 is 2.33 bits per heavy atom. The van der Waals surface area contributed by atoms with Crippen LogP contribution < -0.4 is 14.8 Å². The van der Waals surface area contributed by atoms with Gasteiger partial charge >= 0.3 is 5.97 Å². The molecule has 1 unspecified atom stereocenters. The van der Waals surface area contributed by atoms with Crippen LogP contribution >= 0.6 is 0 Å². The number of hydrogen-bond acceptors (Lipinski definition) is 8. The van der Waals surface area contributed by atoms with Crippen molar-refractivity contribution in [1.29, 1.82) is 0 Å². The highest BCUT2D eigenvalue weighted by Crippen LogP contribution is 2.29. The molecule has 0 spiro atoms. The molecule has 9 heteroatoms. The topological polar surface area (TPSA) is 131 Å². The average molecular weight is 588 g/mol. The second kappa shape index (κ2) is 16.4. The van der Waals surface area contributed by atoms with E-state index in [1.807, 2.05) is 36.4 Å². The van der Waals surface area contributed by atoms with Crippen molar-refractivity contribution in [3.05, 3.63) is 103 Å². The van der Waals surface area contributed by atoms with Crippen molar-refractivity contribution in [3.63, 3.8) is 0 Å². The summed E-state index contributed by atoms with van der Waals surface area (Å²) in [7, 11) is 0. The Morgan fingerprint density at radius 2 is 1.60 bits per heavy atom. The lowest BCUT2D eigenvalue weighted by atomic mass is 9.99. The molecule has 0 heterocycles. The van der Waals surface area contributed by atoms with E-state index in [4.69, 9.17) is 14.2 Å². The van der Waals surface area contributed by atoms with Crippen LogP contribution in [0.1, 0.15) is 42.5 Å². The molecule has 4 atom stereocenters. The minimum absolute atomic E-state index is 0.0198. The quantitative estimate of drug-likeness (QED) is 0.101. The summed E-state index contributed by atoms with van der Waals surface area (Å²) in [6.07, 6.45) is 3.05. The van der Waals surface area contributed by atoms with Gasteiger partial charge in [0.05, 0.1) is 18.8 Å². The number of hydrogen-bond donors (Lipinski definition) is 3. The van der Waals surface area contributed by atoms with Gasteiger partial charge in [0.25, 0.3) is 5.91 Å². The molecule has 9 nitrogen and oxygen atoms in total. The molecule has 3 aromatic carbocycles. The van der Waals surface area contributed by atoms with Crippen LogP contribution in [0.25, 0.3) is 0 Å². The van der Waals surface area contributed by atoms with Crippen LogP contribution in [0.3, 0.4) is 0 Å². The van der Waals surface area contributed by atoms with E-state index in [2.05, 4.69) is 5.32 Å². The van der Waals surface area contributed by atoms with Crippen molar-refractivity contribution in [2.75, 3.05) is 18.5 Å². The number of unbranched alkanes of at least 4 members (excludes halogenated alkanes) is 1. The van der Waals surface area contributed by atoms with Crippen molar-refractivity contribution >= 4 is 23.3 Å². The normalized spacial score (nSPS) is 18.8. The average Bonchev–Trinajstić information content (AvgIpc) is 3.29. The molecule has 0 radical (unpaired) electrons. The zero-order chi connectivity index (χ0) is 30.4. The molecule has 0 aromatic heterocycles. The van der Waals surface area contributed by atoms with Crippen LogP contribution in [0.4, 0.5) is 5.69 Å². The summed E-state index contributed by atoms with van der Waals surface area (Å²) >= 11 is 0. The summed E-state index contributed by atoms with van der Waals surface area (Å²) in [4.78, 5) is 36.9. The number of anilines is 1. The third kappa shape index (κ3) is 10.2. The highest BCUT2D eigenvalue weighted by atomic mass is 16.5. The second-order valence-electron chi connectivity index (χ2n) is 10.3. The maximum atomic E-state index is 12.4. The number of aliphatic hydroxyl groups is 2. The highest BCUT2D eigenvalue weighted by Gasteiger charge is 2.41. The van der Waals surface area contributed by atoms with Crippen LogP contribution in [-0.4, -0.2) is 59.4 Å². The summed E-state index contributed by atoms with van der Waals surface area (Å²) in [6.45, 7) is -0.0265. The Kier molecular flexibility index (Phi) is 12.0. The van der Waals surface area contributed by atoms with Gasteiger partial charge in [-0.3, -0.25) is 14.4 Å². The van der Waals surface area contributed by atoms with Crippen LogP contribution in [0.5, 0.6) is 11.5 Å². The Morgan fingerprint density at radius 1 is 0.907 bits per heavy atom. The van der Waals surface area contributed by atoms with Crippen molar-refractivity contribution < 1.29 is 38.8 Å². The predicted molar refractivity (Wildman–Crippen MR) is 161 cm³/mol. The number of carbonyl (C=O) groups is 3. The molecule has 0 aliphatic heterocycles. The largest absolute Gasteiger partial charge is 0.491 e. The van der Waals surface area contributed by atoms with Gasteiger partial charge in [-0.1, -0.05) is 48.6 Å². The first-order valence-electron chi connectivity index (χ1n) is 14.4. The van der Waals surface area contributed by atoms with Crippen LogP contribution in [0.2, 0.25) is 0 Å². The molecule has 3 N–H and O–H groups in total. The number of allylic oxidation sites excluding steroid dienone is 2. The van der Waals surface area contributed by atoms with Crippen LogP contribution in [0, 0.1) is 5.92 Å². The van der Waals surface area contributed by atoms with E-state index in [0.717, 1.165) is 0 Å². The Balaban J connectivity index is 1.12. The van der Waals surface area contributed by atoms with E-state index in [1.54, 1.807) is 60.7 Å². The van der Waals surface area contributed by atoms with E-state index >= 15 is 0 Å². The molecule has 3 aromatic rings. The van der Waals surface area contributed by atoms with Crippen molar-refractivity contribution in [2.45, 2.75) is 50.4 Å². The lowest BCUT2D eigenvalue weighted by Crippen LogP contribution is -2.34. The molecule has 1 aliphatic rings. The molecule has 226 valence electrons. The number of carbonyl (C=O) groups excluding carboxylic acids is 3. The summed E-state index contributed by atoms with van der Waals surface area (Å²) < 4.78 is 16.6. The molecule has 1 amide bonds. The standard InChI is InChI=1S/C34H37NO8/c36-26(22-41-27-13-7-4-8-14-27)23-42-33-29(30(37)21-31(33)38)15-9-1-2-10-16-32(39)43-28-19-17-25(18-20-28)35-34(40)24-11-5-3-6-12-24/h1,3-9,11-14,17-20,26,29,31,33,36,38H,2,10,15-16,21-23H2,(H,35,40)/t26?,29-,31+,33+/m1/s1. The van der Waals surface area contributed by atoms with Crippen molar-refractivity contribution in [3.8, 4) is 11.5 Å². The SMILES string of the molecule is O=C(CCCC=CC[C@@H]1C(=O)C[C@H](O)[C@H]1OCC(O)COc1ccccc1)Oc1ccc(NC(=O)c2ccccc2)cc1. The summed E-state index contributed by atoms with van der Waals surface area (Å²) in [5.41, 5.74) is 1.14. The van der Waals surface area contributed by atoms with Gasteiger partial charge in [0, 0.05) is 30.0 Å². The van der Waals surface area contributed by atoms with Gasteiger partial charge in [-0.15, -0.1) is 0 Å². The first-order valence-corrected chi connectivity index (χ1v) is 14.4. The van der Waals surface area contributed by atoms with E-state index in [9.17, 15) is 24.6 Å². The van der Waals surface area contributed by atoms with Gasteiger partial charge in [0.2, 0.25) is 0 Å². The highest BCUT2D eigenvalue weighted by molar-refractivity contribution is 6.04. The summed E-state index contributed by atoms with van der Waals surface area (Å²) in [5.74, 6) is -0.149. The van der Waals surface area contributed by atoms with Crippen molar-refractivity contribution in [1.82, 2.24) is 0 Å². The lowest BCUT2D eigenvalue weighted by molar-refractivity contribution is -0.134. The van der Waals surface area contributed by atoms with E-state index in [-0.39, 0.29) is 43.7 Å². The fourth-order valence-corrected chi connectivity index (χ4v) is 4.70. The number of aliphatic hydroxyl groups excluding tert-OH is 2. The number of nitrogens with one attached hydrogen (secondary N) is 1. The first-order chi connectivity index (χ1) is 20.9. The lowest BCUT2D eigenvalue weighted by Gasteiger charge is -2.22. The van der Waals surface area contributed by atoms with Crippen LogP contribution in [-0.2, 0) is 14.3 Å².